The number of hydrogen-bond acceptors (Lipinski definition) is 5. The van der Waals surface area contributed by atoms with Crippen molar-refractivity contribution in [2.45, 2.75) is 19.4 Å². The molecule has 100 valence electrons. The van der Waals surface area contributed by atoms with Gasteiger partial charge in [-0.2, -0.15) is 5.10 Å². The third-order valence-corrected chi connectivity index (χ3v) is 3.50. The highest BCUT2D eigenvalue weighted by Crippen LogP contribution is 2.47. The van der Waals surface area contributed by atoms with Crippen molar-refractivity contribution in [3.8, 4) is 5.88 Å². The summed E-state index contributed by atoms with van der Waals surface area (Å²) in [5, 5.41) is 7.61. The first-order valence-electron chi connectivity index (χ1n) is 6.38. The Balaban J connectivity index is 1.63. The lowest BCUT2D eigenvalue weighted by Gasteiger charge is -2.17. The number of methoxy groups -OCH3 is 1. The molecule has 2 aromatic rings. The van der Waals surface area contributed by atoms with Gasteiger partial charge in [0.05, 0.1) is 7.11 Å². The second-order valence-corrected chi connectivity index (χ2v) is 4.97. The SMILES string of the molecule is COc1nccnc1NCC1(Cn2cccn2)CC1. The van der Waals surface area contributed by atoms with Crippen molar-refractivity contribution in [2.75, 3.05) is 19.0 Å². The molecule has 1 aliphatic rings. The maximum atomic E-state index is 5.18. The van der Waals surface area contributed by atoms with Gasteiger partial charge in [-0.05, 0) is 18.9 Å². The van der Waals surface area contributed by atoms with Gasteiger partial charge in [0.15, 0.2) is 5.82 Å². The molecule has 1 aliphatic carbocycles. The van der Waals surface area contributed by atoms with Crippen LogP contribution < -0.4 is 10.1 Å². The third kappa shape index (κ3) is 2.67. The maximum Gasteiger partial charge on any atom is 0.257 e. The molecule has 2 aromatic heterocycles. The van der Waals surface area contributed by atoms with E-state index in [9.17, 15) is 0 Å². The Morgan fingerprint density at radius 1 is 1.32 bits per heavy atom. The van der Waals surface area contributed by atoms with Crippen LogP contribution in [0.15, 0.2) is 30.9 Å². The molecular formula is C13H17N5O. The highest BCUT2D eigenvalue weighted by Gasteiger charge is 2.43. The summed E-state index contributed by atoms with van der Waals surface area (Å²) in [6, 6.07) is 1.95. The van der Waals surface area contributed by atoms with Crippen LogP contribution in [0.5, 0.6) is 5.88 Å². The summed E-state index contributed by atoms with van der Waals surface area (Å²) in [4.78, 5) is 8.39. The fraction of sp³-hybridized carbons (Fsp3) is 0.462. The molecular weight excluding hydrogens is 242 g/mol. The van der Waals surface area contributed by atoms with Gasteiger partial charge in [-0.3, -0.25) is 4.68 Å². The molecule has 6 heteroatoms. The van der Waals surface area contributed by atoms with Gasteiger partial charge in [-0.1, -0.05) is 0 Å². The standard InChI is InChI=1S/C13H17N5O/c1-19-12-11(14-6-7-15-12)16-9-13(3-4-13)10-18-8-2-5-17-18/h2,5-8H,3-4,9-10H2,1H3,(H,14,16). The summed E-state index contributed by atoms with van der Waals surface area (Å²) >= 11 is 0. The molecule has 0 atom stereocenters. The number of anilines is 1. The monoisotopic (exact) mass is 259 g/mol. The predicted octanol–water partition coefficient (Wildman–Crippen LogP) is 1.57. The lowest BCUT2D eigenvalue weighted by Crippen LogP contribution is -2.22. The Labute approximate surface area is 111 Å². The van der Waals surface area contributed by atoms with Gasteiger partial charge in [0, 0.05) is 43.3 Å². The van der Waals surface area contributed by atoms with E-state index in [2.05, 4.69) is 20.4 Å². The number of aromatic nitrogens is 4. The summed E-state index contributed by atoms with van der Waals surface area (Å²) in [7, 11) is 1.60. The van der Waals surface area contributed by atoms with E-state index in [0.717, 1.165) is 13.1 Å². The molecule has 19 heavy (non-hydrogen) atoms. The molecule has 0 radical (unpaired) electrons. The van der Waals surface area contributed by atoms with E-state index in [1.54, 1.807) is 19.5 Å². The predicted molar refractivity (Wildman–Crippen MR) is 71.0 cm³/mol. The molecule has 0 aromatic carbocycles. The summed E-state index contributed by atoms with van der Waals surface area (Å²) in [5.41, 5.74) is 0.286. The van der Waals surface area contributed by atoms with Gasteiger partial charge in [0.25, 0.3) is 5.88 Å². The highest BCUT2D eigenvalue weighted by molar-refractivity contribution is 5.44. The van der Waals surface area contributed by atoms with E-state index in [4.69, 9.17) is 4.74 Å². The van der Waals surface area contributed by atoms with Gasteiger partial charge >= 0.3 is 0 Å². The zero-order chi connectivity index (χ0) is 13.1. The highest BCUT2D eigenvalue weighted by atomic mass is 16.5. The minimum atomic E-state index is 0.286. The zero-order valence-corrected chi connectivity index (χ0v) is 10.9. The minimum absolute atomic E-state index is 0.286. The average Bonchev–Trinajstić information content (AvgIpc) is 3.01. The molecule has 0 spiro atoms. The number of nitrogens with one attached hydrogen (secondary N) is 1. The number of hydrogen-bond donors (Lipinski definition) is 1. The van der Waals surface area contributed by atoms with Crippen LogP contribution in [0.2, 0.25) is 0 Å². The Bertz CT molecular complexity index is 536. The van der Waals surface area contributed by atoms with Crippen molar-refractivity contribution >= 4 is 5.82 Å². The fourth-order valence-corrected chi connectivity index (χ4v) is 2.17. The normalized spacial score (nSPS) is 16.1. The van der Waals surface area contributed by atoms with Crippen molar-refractivity contribution in [1.82, 2.24) is 19.7 Å². The molecule has 0 aliphatic heterocycles. The van der Waals surface area contributed by atoms with Crippen LogP contribution >= 0.6 is 0 Å². The molecule has 1 N–H and O–H groups in total. The van der Waals surface area contributed by atoms with Crippen LogP contribution in [0.4, 0.5) is 5.82 Å². The summed E-state index contributed by atoms with van der Waals surface area (Å²) in [5.74, 6) is 1.24. The number of rotatable bonds is 6. The molecule has 2 heterocycles. The third-order valence-electron chi connectivity index (χ3n) is 3.50. The lowest BCUT2D eigenvalue weighted by atomic mass is 10.1. The Kier molecular flexibility index (Phi) is 3.06. The van der Waals surface area contributed by atoms with E-state index in [1.165, 1.54) is 12.8 Å². The van der Waals surface area contributed by atoms with Gasteiger partial charge in [0.2, 0.25) is 0 Å². The lowest BCUT2D eigenvalue weighted by molar-refractivity contribution is 0.393. The zero-order valence-electron chi connectivity index (χ0n) is 10.9. The number of nitrogens with zero attached hydrogens (tertiary/aromatic N) is 4. The fourth-order valence-electron chi connectivity index (χ4n) is 2.17. The van der Waals surface area contributed by atoms with Crippen molar-refractivity contribution in [3.63, 3.8) is 0 Å². The van der Waals surface area contributed by atoms with Gasteiger partial charge < -0.3 is 10.1 Å². The first-order valence-corrected chi connectivity index (χ1v) is 6.38. The summed E-state index contributed by atoms with van der Waals surface area (Å²) in [6.07, 6.45) is 9.53. The molecule has 0 bridgehead atoms. The Morgan fingerprint density at radius 2 is 2.16 bits per heavy atom. The smallest absolute Gasteiger partial charge is 0.257 e. The number of ether oxygens (including phenoxy) is 1. The van der Waals surface area contributed by atoms with Crippen molar-refractivity contribution < 1.29 is 4.74 Å². The van der Waals surface area contributed by atoms with E-state index >= 15 is 0 Å². The first-order chi connectivity index (χ1) is 9.31. The van der Waals surface area contributed by atoms with Crippen LogP contribution in [-0.4, -0.2) is 33.4 Å². The van der Waals surface area contributed by atoms with E-state index in [0.29, 0.717) is 11.7 Å². The van der Waals surface area contributed by atoms with Crippen LogP contribution in [0, 0.1) is 5.41 Å². The van der Waals surface area contributed by atoms with Crippen molar-refractivity contribution in [1.29, 1.82) is 0 Å². The van der Waals surface area contributed by atoms with Gasteiger partial charge in [-0.25, -0.2) is 9.97 Å². The van der Waals surface area contributed by atoms with Gasteiger partial charge in [0.1, 0.15) is 0 Å². The molecule has 0 amide bonds. The molecule has 3 rings (SSSR count). The first kappa shape index (κ1) is 12.0. The second kappa shape index (κ2) is 4.87. The van der Waals surface area contributed by atoms with Crippen LogP contribution in [0.3, 0.4) is 0 Å². The molecule has 1 fully saturated rings. The maximum absolute atomic E-state index is 5.18. The minimum Gasteiger partial charge on any atom is -0.478 e. The topological polar surface area (TPSA) is 64.9 Å². The Morgan fingerprint density at radius 3 is 2.84 bits per heavy atom. The summed E-state index contributed by atoms with van der Waals surface area (Å²) in [6.45, 7) is 1.80. The van der Waals surface area contributed by atoms with E-state index < -0.39 is 0 Å². The van der Waals surface area contributed by atoms with E-state index in [1.807, 2.05) is 23.1 Å². The molecule has 1 saturated carbocycles. The van der Waals surface area contributed by atoms with E-state index in [-0.39, 0.29) is 5.41 Å². The van der Waals surface area contributed by atoms with Crippen LogP contribution in [0.25, 0.3) is 0 Å². The largest absolute Gasteiger partial charge is 0.478 e. The summed E-state index contributed by atoms with van der Waals surface area (Å²) < 4.78 is 7.17. The quantitative estimate of drug-likeness (QED) is 0.853. The van der Waals surface area contributed by atoms with Crippen molar-refractivity contribution in [2.24, 2.45) is 5.41 Å². The van der Waals surface area contributed by atoms with Gasteiger partial charge in [-0.15, -0.1) is 0 Å². The molecule has 0 saturated heterocycles. The Hall–Kier alpha value is -2.11. The molecule has 6 nitrogen and oxygen atoms in total. The average molecular weight is 259 g/mol. The second-order valence-electron chi connectivity index (χ2n) is 4.97. The van der Waals surface area contributed by atoms with Crippen molar-refractivity contribution in [3.05, 3.63) is 30.9 Å². The molecule has 0 unspecified atom stereocenters. The van der Waals surface area contributed by atoms with Crippen LogP contribution in [-0.2, 0) is 6.54 Å². The van der Waals surface area contributed by atoms with Crippen LogP contribution in [0.1, 0.15) is 12.8 Å².